The summed E-state index contributed by atoms with van der Waals surface area (Å²) in [6.07, 6.45) is 5.95. The Labute approximate surface area is 107 Å². The number of carboxylic acid groups (broad SMARTS) is 1. The standard InChI is InChI=1S/C12H22N4O2/c1-3-5-6-8-11-13-14-15-16(11)10(7-4-2)9-12(17)18/h10H,3-9H2,1-2H3,(H,17,18). The summed E-state index contributed by atoms with van der Waals surface area (Å²) in [5.74, 6) is 0.00612. The Kier molecular flexibility index (Phi) is 6.32. The molecule has 102 valence electrons. The Morgan fingerprint density at radius 3 is 2.72 bits per heavy atom. The molecule has 6 nitrogen and oxygen atoms in total. The molecular weight excluding hydrogens is 232 g/mol. The lowest BCUT2D eigenvalue weighted by Crippen LogP contribution is -2.17. The molecule has 0 aliphatic heterocycles. The van der Waals surface area contributed by atoms with E-state index in [9.17, 15) is 4.79 Å². The first-order chi connectivity index (χ1) is 8.69. The van der Waals surface area contributed by atoms with Crippen LogP contribution in [0.15, 0.2) is 0 Å². The van der Waals surface area contributed by atoms with Crippen molar-refractivity contribution in [2.75, 3.05) is 0 Å². The lowest BCUT2D eigenvalue weighted by atomic mass is 10.1. The summed E-state index contributed by atoms with van der Waals surface area (Å²) >= 11 is 0. The predicted octanol–water partition coefficient (Wildman–Crippen LogP) is 2.22. The van der Waals surface area contributed by atoms with Crippen molar-refractivity contribution in [3.05, 3.63) is 5.82 Å². The minimum Gasteiger partial charge on any atom is -0.481 e. The van der Waals surface area contributed by atoms with Gasteiger partial charge in [-0.15, -0.1) is 5.10 Å². The second-order valence-electron chi connectivity index (χ2n) is 4.54. The molecule has 0 fully saturated rings. The van der Waals surface area contributed by atoms with Gasteiger partial charge in [-0.1, -0.05) is 33.1 Å². The molecular formula is C12H22N4O2. The maximum atomic E-state index is 10.9. The second-order valence-corrected chi connectivity index (χ2v) is 4.54. The van der Waals surface area contributed by atoms with E-state index < -0.39 is 5.97 Å². The lowest BCUT2D eigenvalue weighted by molar-refractivity contribution is -0.138. The predicted molar refractivity (Wildman–Crippen MR) is 67.2 cm³/mol. The highest BCUT2D eigenvalue weighted by Gasteiger charge is 2.19. The molecule has 1 rings (SSSR count). The van der Waals surface area contributed by atoms with Gasteiger partial charge in [-0.3, -0.25) is 4.79 Å². The average molecular weight is 254 g/mol. The van der Waals surface area contributed by atoms with E-state index >= 15 is 0 Å². The van der Waals surface area contributed by atoms with Gasteiger partial charge in [0.2, 0.25) is 0 Å². The van der Waals surface area contributed by atoms with Crippen LogP contribution in [0, 0.1) is 0 Å². The van der Waals surface area contributed by atoms with Crippen LogP contribution in [-0.2, 0) is 11.2 Å². The van der Waals surface area contributed by atoms with Crippen LogP contribution in [-0.4, -0.2) is 31.3 Å². The summed E-state index contributed by atoms with van der Waals surface area (Å²) in [4.78, 5) is 10.9. The normalized spacial score (nSPS) is 12.6. The first-order valence-corrected chi connectivity index (χ1v) is 6.67. The Balaban J connectivity index is 2.71. The van der Waals surface area contributed by atoms with Crippen LogP contribution in [0.1, 0.15) is 64.2 Å². The highest BCUT2D eigenvalue weighted by atomic mass is 16.4. The molecule has 1 aromatic rings. The fourth-order valence-corrected chi connectivity index (χ4v) is 2.04. The van der Waals surface area contributed by atoms with Gasteiger partial charge in [0.1, 0.15) is 0 Å². The zero-order valence-electron chi connectivity index (χ0n) is 11.2. The fourth-order valence-electron chi connectivity index (χ4n) is 2.04. The first-order valence-electron chi connectivity index (χ1n) is 6.67. The van der Waals surface area contributed by atoms with Gasteiger partial charge >= 0.3 is 5.97 Å². The van der Waals surface area contributed by atoms with Gasteiger partial charge in [0.05, 0.1) is 12.5 Å². The van der Waals surface area contributed by atoms with Crippen LogP contribution in [0.4, 0.5) is 0 Å². The van der Waals surface area contributed by atoms with Crippen LogP contribution in [0.25, 0.3) is 0 Å². The smallest absolute Gasteiger partial charge is 0.305 e. The number of hydrogen-bond donors (Lipinski definition) is 1. The van der Waals surface area contributed by atoms with Crippen molar-refractivity contribution in [3.8, 4) is 0 Å². The second kappa shape index (κ2) is 7.79. The van der Waals surface area contributed by atoms with Crippen molar-refractivity contribution >= 4 is 5.97 Å². The zero-order chi connectivity index (χ0) is 13.4. The topological polar surface area (TPSA) is 80.9 Å². The third kappa shape index (κ3) is 4.43. The average Bonchev–Trinajstić information content (AvgIpc) is 2.76. The Morgan fingerprint density at radius 1 is 1.33 bits per heavy atom. The minimum absolute atomic E-state index is 0.0830. The Hall–Kier alpha value is -1.46. The molecule has 1 unspecified atom stereocenters. The van der Waals surface area contributed by atoms with E-state index in [4.69, 9.17) is 5.11 Å². The van der Waals surface area contributed by atoms with Crippen molar-refractivity contribution in [1.29, 1.82) is 0 Å². The molecule has 6 heteroatoms. The van der Waals surface area contributed by atoms with Crippen LogP contribution >= 0.6 is 0 Å². The van der Waals surface area contributed by atoms with Crippen molar-refractivity contribution in [1.82, 2.24) is 20.2 Å². The molecule has 1 N–H and O–H groups in total. The van der Waals surface area contributed by atoms with Gasteiger partial charge in [0.15, 0.2) is 5.82 Å². The highest BCUT2D eigenvalue weighted by molar-refractivity contribution is 5.67. The number of tetrazole rings is 1. The molecule has 0 amide bonds. The molecule has 0 spiro atoms. The zero-order valence-corrected chi connectivity index (χ0v) is 11.2. The van der Waals surface area contributed by atoms with Crippen molar-refractivity contribution in [3.63, 3.8) is 0 Å². The van der Waals surface area contributed by atoms with Crippen LogP contribution in [0.3, 0.4) is 0 Å². The number of rotatable bonds is 9. The molecule has 1 aromatic heterocycles. The first kappa shape index (κ1) is 14.6. The monoisotopic (exact) mass is 254 g/mol. The molecule has 0 radical (unpaired) electrons. The van der Waals surface area contributed by atoms with Gasteiger partial charge in [-0.25, -0.2) is 4.68 Å². The van der Waals surface area contributed by atoms with E-state index in [0.717, 1.165) is 44.3 Å². The molecule has 0 aliphatic carbocycles. The number of hydrogen-bond acceptors (Lipinski definition) is 4. The third-order valence-corrected chi connectivity index (χ3v) is 2.94. The summed E-state index contributed by atoms with van der Waals surface area (Å²) in [5.41, 5.74) is 0. The van der Waals surface area contributed by atoms with E-state index in [-0.39, 0.29) is 12.5 Å². The van der Waals surface area contributed by atoms with Crippen molar-refractivity contribution in [2.24, 2.45) is 0 Å². The highest BCUT2D eigenvalue weighted by Crippen LogP contribution is 2.19. The number of unbranched alkanes of at least 4 members (excludes halogenated alkanes) is 2. The largest absolute Gasteiger partial charge is 0.481 e. The summed E-state index contributed by atoms with van der Waals surface area (Å²) in [6.45, 7) is 4.18. The molecule has 0 bridgehead atoms. The number of nitrogens with zero attached hydrogens (tertiary/aromatic N) is 4. The fraction of sp³-hybridized carbons (Fsp3) is 0.833. The number of carbonyl (C=O) groups is 1. The molecule has 18 heavy (non-hydrogen) atoms. The van der Waals surface area contributed by atoms with Crippen LogP contribution in [0.2, 0.25) is 0 Å². The van der Waals surface area contributed by atoms with E-state index in [2.05, 4.69) is 22.4 Å². The van der Waals surface area contributed by atoms with E-state index in [1.165, 1.54) is 0 Å². The summed E-state index contributed by atoms with van der Waals surface area (Å²) in [5, 5.41) is 20.6. The van der Waals surface area contributed by atoms with Gasteiger partial charge < -0.3 is 5.11 Å². The van der Waals surface area contributed by atoms with Crippen LogP contribution < -0.4 is 0 Å². The lowest BCUT2D eigenvalue weighted by Gasteiger charge is -2.15. The molecule has 0 saturated carbocycles. The quantitative estimate of drug-likeness (QED) is 0.683. The number of aryl methyl sites for hydroxylation is 1. The van der Waals surface area contributed by atoms with E-state index in [1.807, 2.05) is 6.92 Å². The Morgan fingerprint density at radius 2 is 2.11 bits per heavy atom. The molecule has 1 atom stereocenters. The van der Waals surface area contributed by atoms with Crippen molar-refractivity contribution < 1.29 is 9.90 Å². The number of carboxylic acids is 1. The van der Waals surface area contributed by atoms with Crippen LogP contribution in [0.5, 0.6) is 0 Å². The van der Waals surface area contributed by atoms with Gasteiger partial charge in [0.25, 0.3) is 0 Å². The Bertz CT molecular complexity index is 365. The van der Waals surface area contributed by atoms with Crippen molar-refractivity contribution in [2.45, 2.75) is 64.8 Å². The summed E-state index contributed by atoms with van der Waals surface area (Å²) < 4.78 is 1.70. The summed E-state index contributed by atoms with van der Waals surface area (Å²) in [6, 6.07) is -0.126. The minimum atomic E-state index is -0.802. The van der Waals surface area contributed by atoms with Gasteiger partial charge in [-0.05, 0) is 23.3 Å². The molecule has 1 heterocycles. The molecule has 0 saturated heterocycles. The number of aliphatic carboxylic acids is 1. The maximum Gasteiger partial charge on any atom is 0.305 e. The van der Waals surface area contributed by atoms with Gasteiger partial charge in [-0.2, -0.15) is 0 Å². The molecule has 0 aliphatic rings. The third-order valence-electron chi connectivity index (χ3n) is 2.94. The van der Waals surface area contributed by atoms with E-state index in [0.29, 0.717) is 0 Å². The van der Waals surface area contributed by atoms with Gasteiger partial charge in [0, 0.05) is 6.42 Å². The SMILES string of the molecule is CCCCCc1nnnn1C(CCC)CC(=O)O. The maximum absolute atomic E-state index is 10.9. The number of aromatic nitrogens is 4. The summed E-state index contributed by atoms with van der Waals surface area (Å²) in [7, 11) is 0. The van der Waals surface area contributed by atoms with E-state index in [1.54, 1.807) is 4.68 Å². The molecule has 0 aromatic carbocycles.